The van der Waals surface area contributed by atoms with Crippen LogP contribution >= 0.6 is 15.9 Å². The fourth-order valence-electron chi connectivity index (χ4n) is 3.42. The molecule has 3 aromatic carbocycles. The van der Waals surface area contributed by atoms with Crippen LogP contribution < -0.4 is 5.32 Å². The first-order chi connectivity index (χ1) is 13.1. The van der Waals surface area contributed by atoms with Gasteiger partial charge in [-0.25, -0.2) is 0 Å². The molecule has 0 saturated heterocycles. The number of aromatic hydroxyl groups is 1. The lowest BCUT2D eigenvalue weighted by Crippen LogP contribution is -2.33. The fourth-order valence-corrected chi connectivity index (χ4v) is 3.69. The van der Waals surface area contributed by atoms with Gasteiger partial charge in [0.1, 0.15) is 11.9 Å². The minimum absolute atomic E-state index is 0.00588. The normalized spacial score (nSPS) is 19.6. The predicted molar refractivity (Wildman–Crippen MR) is 113 cm³/mol. The summed E-state index contributed by atoms with van der Waals surface area (Å²) >= 11 is 3.49. The summed E-state index contributed by atoms with van der Waals surface area (Å²) in [5.74, 6) is 0.315. The average Bonchev–Trinajstić information content (AvgIpc) is 2.69. The van der Waals surface area contributed by atoms with Crippen molar-refractivity contribution in [3.63, 3.8) is 0 Å². The van der Waals surface area contributed by atoms with Gasteiger partial charge in [-0.05, 0) is 36.2 Å². The zero-order valence-corrected chi connectivity index (χ0v) is 16.6. The molecule has 1 heterocycles. The highest BCUT2D eigenvalue weighted by atomic mass is 79.9. The van der Waals surface area contributed by atoms with Crippen molar-refractivity contribution in [2.45, 2.75) is 25.6 Å². The molecule has 3 aromatic rings. The maximum atomic E-state index is 10.4. The maximum absolute atomic E-state index is 10.4. The Balaban J connectivity index is 1.75. The van der Waals surface area contributed by atoms with Crippen LogP contribution in [0.3, 0.4) is 0 Å². The first kappa shape index (κ1) is 18.0. The molecule has 27 heavy (non-hydrogen) atoms. The number of phenols is 1. The number of hydrogen-bond acceptors (Lipinski definition) is 3. The van der Waals surface area contributed by atoms with Crippen molar-refractivity contribution in [3.05, 3.63) is 99.5 Å². The summed E-state index contributed by atoms with van der Waals surface area (Å²) in [5.41, 5.74) is 5.41. The summed E-state index contributed by atoms with van der Waals surface area (Å²) in [5, 5.41) is 14.0. The third kappa shape index (κ3) is 3.97. The van der Waals surface area contributed by atoms with E-state index in [9.17, 15) is 5.11 Å². The fraction of sp³-hybridized carbons (Fsp3) is 0.174. The minimum Gasteiger partial charge on any atom is -0.508 e. The molecule has 3 nitrogen and oxygen atoms in total. The predicted octanol–water partition coefficient (Wildman–Crippen LogP) is 5.69. The van der Waals surface area contributed by atoms with E-state index in [2.05, 4.69) is 64.6 Å². The van der Waals surface area contributed by atoms with E-state index in [0.29, 0.717) is 5.75 Å². The molecule has 4 rings (SSSR count). The molecule has 2 atom stereocenters. The zero-order valence-electron chi connectivity index (χ0n) is 15.1. The highest BCUT2D eigenvalue weighted by molar-refractivity contribution is 9.10. The second kappa shape index (κ2) is 7.67. The van der Waals surface area contributed by atoms with Crippen molar-refractivity contribution in [1.82, 2.24) is 5.32 Å². The molecule has 0 bridgehead atoms. The Kier molecular flexibility index (Phi) is 5.10. The van der Waals surface area contributed by atoms with Crippen LogP contribution in [0.2, 0.25) is 0 Å². The van der Waals surface area contributed by atoms with Crippen LogP contribution in [-0.2, 0) is 0 Å². The molecule has 2 unspecified atom stereocenters. The van der Waals surface area contributed by atoms with Crippen LogP contribution in [0.25, 0.3) is 0 Å². The minimum atomic E-state index is -0.159. The molecule has 2 N–H and O–H groups in total. The Labute approximate surface area is 167 Å². The Morgan fingerprint density at radius 1 is 0.963 bits per heavy atom. The van der Waals surface area contributed by atoms with Crippen LogP contribution in [0.1, 0.15) is 40.9 Å². The quantitative estimate of drug-likeness (QED) is 0.571. The number of aliphatic imine (C=N–C) groups is 1. The molecule has 0 radical (unpaired) electrons. The van der Waals surface area contributed by atoms with Gasteiger partial charge in [0.05, 0.1) is 0 Å². The van der Waals surface area contributed by atoms with Crippen LogP contribution in [-0.4, -0.2) is 10.8 Å². The van der Waals surface area contributed by atoms with Gasteiger partial charge in [-0.15, -0.1) is 0 Å². The van der Waals surface area contributed by atoms with E-state index >= 15 is 0 Å². The van der Waals surface area contributed by atoms with Crippen LogP contribution in [0.15, 0.2) is 82.3 Å². The van der Waals surface area contributed by atoms with Gasteiger partial charge in [0.15, 0.2) is 0 Å². The average molecular weight is 421 g/mol. The molecule has 0 aromatic heterocycles. The van der Waals surface area contributed by atoms with Crippen molar-refractivity contribution in [2.75, 3.05) is 0 Å². The van der Waals surface area contributed by atoms with Gasteiger partial charge in [0.2, 0.25) is 0 Å². The van der Waals surface area contributed by atoms with E-state index < -0.39 is 0 Å². The van der Waals surface area contributed by atoms with Crippen LogP contribution in [0.5, 0.6) is 5.75 Å². The van der Waals surface area contributed by atoms with Crippen molar-refractivity contribution >= 4 is 21.6 Å². The van der Waals surface area contributed by atoms with E-state index in [4.69, 9.17) is 4.99 Å². The van der Waals surface area contributed by atoms with Gasteiger partial charge < -0.3 is 5.11 Å². The third-order valence-corrected chi connectivity index (χ3v) is 5.45. The summed E-state index contributed by atoms with van der Waals surface area (Å²) in [6, 6.07) is 24.2. The van der Waals surface area contributed by atoms with Crippen LogP contribution in [0, 0.1) is 6.92 Å². The van der Waals surface area contributed by atoms with Crippen molar-refractivity contribution < 1.29 is 5.11 Å². The van der Waals surface area contributed by atoms with Gasteiger partial charge in [0, 0.05) is 28.2 Å². The number of aryl methyl sites for hydroxylation is 1. The van der Waals surface area contributed by atoms with Crippen molar-refractivity contribution in [2.24, 2.45) is 4.99 Å². The molecule has 0 spiro atoms. The van der Waals surface area contributed by atoms with Crippen molar-refractivity contribution in [3.8, 4) is 5.75 Å². The molecule has 136 valence electrons. The molecule has 1 aliphatic heterocycles. The zero-order chi connectivity index (χ0) is 18.8. The van der Waals surface area contributed by atoms with E-state index in [-0.39, 0.29) is 12.2 Å². The summed E-state index contributed by atoms with van der Waals surface area (Å²) in [4.78, 5) is 5.00. The smallest absolute Gasteiger partial charge is 0.126 e. The van der Waals surface area contributed by atoms with Gasteiger partial charge in [0.25, 0.3) is 0 Å². The highest BCUT2D eigenvalue weighted by Gasteiger charge is 2.27. The number of rotatable bonds is 3. The molecule has 0 saturated carbocycles. The summed E-state index contributed by atoms with van der Waals surface area (Å²) in [6.45, 7) is 2.09. The maximum Gasteiger partial charge on any atom is 0.126 e. The Morgan fingerprint density at radius 2 is 1.67 bits per heavy atom. The van der Waals surface area contributed by atoms with Crippen molar-refractivity contribution in [1.29, 1.82) is 0 Å². The van der Waals surface area contributed by atoms with Gasteiger partial charge in [-0.1, -0.05) is 76.1 Å². The number of benzene rings is 3. The van der Waals surface area contributed by atoms with E-state index in [0.717, 1.165) is 33.3 Å². The highest BCUT2D eigenvalue weighted by Crippen LogP contribution is 2.34. The first-order valence-corrected chi connectivity index (χ1v) is 9.82. The Hall–Kier alpha value is -2.43. The number of halogens is 1. The second-order valence-electron chi connectivity index (χ2n) is 6.88. The summed E-state index contributed by atoms with van der Waals surface area (Å²) in [7, 11) is 0. The molecular formula is C23H21BrN2O. The first-order valence-electron chi connectivity index (χ1n) is 9.03. The number of nitrogens with zero attached hydrogens (tertiary/aromatic N) is 1. The van der Waals surface area contributed by atoms with Gasteiger partial charge in [-0.3, -0.25) is 10.3 Å². The Morgan fingerprint density at radius 3 is 2.37 bits per heavy atom. The standard InChI is InChI=1S/C23H21BrN2O/c1-15-6-8-16(9-7-15)20-14-21(19-4-2-3-5-22(19)27)26-23(25-20)17-10-12-18(24)13-11-17/h2-13,21,23,26-27H,14H2,1H3. The third-order valence-electron chi connectivity index (χ3n) is 4.92. The van der Waals surface area contributed by atoms with Crippen LogP contribution in [0.4, 0.5) is 0 Å². The SMILES string of the molecule is Cc1ccc(C2=NC(c3ccc(Br)cc3)NC(c3ccccc3O)C2)cc1. The number of phenolic OH excluding ortho intramolecular Hbond substituents is 1. The molecule has 0 amide bonds. The number of nitrogens with one attached hydrogen (secondary N) is 1. The lowest BCUT2D eigenvalue weighted by molar-refractivity contribution is 0.412. The lowest BCUT2D eigenvalue weighted by Gasteiger charge is -2.31. The largest absolute Gasteiger partial charge is 0.508 e. The van der Waals surface area contributed by atoms with E-state index in [1.807, 2.05) is 30.3 Å². The molecule has 0 aliphatic carbocycles. The van der Waals surface area contributed by atoms with Gasteiger partial charge >= 0.3 is 0 Å². The number of hydrogen-bond donors (Lipinski definition) is 2. The summed E-state index contributed by atoms with van der Waals surface area (Å²) in [6.07, 6.45) is 0.570. The lowest BCUT2D eigenvalue weighted by atomic mass is 9.93. The molecule has 4 heteroatoms. The molecule has 1 aliphatic rings. The second-order valence-corrected chi connectivity index (χ2v) is 7.79. The topological polar surface area (TPSA) is 44.6 Å². The number of para-hydroxylation sites is 1. The Bertz CT molecular complexity index is 964. The monoisotopic (exact) mass is 420 g/mol. The van der Waals surface area contributed by atoms with E-state index in [1.165, 1.54) is 5.56 Å². The van der Waals surface area contributed by atoms with E-state index in [1.54, 1.807) is 6.07 Å². The molecule has 0 fully saturated rings. The molecular weight excluding hydrogens is 400 g/mol. The van der Waals surface area contributed by atoms with Gasteiger partial charge in [-0.2, -0.15) is 0 Å². The summed E-state index contributed by atoms with van der Waals surface area (Å²) < 4.78 is 1.04.